The van der Waals surface area contributed by atoms with Gasteiger partial charge in [0, 0.05) is 87.4 Å². The van der Waals surface area contributed by atoms with Crippen LogP contribution in [-0.2, 0) is 57.6 Å². The van der Waals surface area contributed by atoms with Crippen molar-refractivity contribution in [3.05, 3.63) is 77.6 Å². The number of fused-ring (bicyclic) bond motifs is 7. The maximum atomic E-state index is 14.9. The first kappa shape index (κ1) is 52.7. The number of carbonyl (C=O) groups excluding carboxylic acids is 5. The lowest BCUT2D eigenvalue weighted by molar-refractivity contribution is -0.155. The minimum atomic E-state index is -1.06. The highest BCUT2D eigenvalue weighted by Gasteiger charge is 2.41. The molecule has 7 heterocycles. The van der Waals surface area contributed by atoms with E-state index in [0.29, 0.717) is 64.6 Å². The van der Waals surface area contributed by atoms with Gasteiger partial charge in [0.05, 0.1) is 49.3 Å². The van der Waals surface area contributed by atoms with Gasteiger partial charge in [-0.25, -0.2) is 5.43 Å². The van der Waals surface area contributed by atoms with Crippen LogP contribution in [0.15, 0.2) is 60.8 Å². The number of pyridine rings is 1. The van der Waals surface area contributed by atoms with Crippen LogP contribution in [-0.4, -0.2) is 149 Å². The summed E-state index contributed by atoms with van der Waals surface area (Å²) in [7, 11) is 3.32. The summed E-state index contributed by atoms with van der Waals surface area (Å²) in [4.78, 5) is 81.6. The van der Waals surface area contributed by atoms with Gasteiger partial charge in [0.15, 0.2) is 0 Å². The van der Waals surface area contributed by atoms with Crippen molar-refractivity contribution in [2.75, 3.05) is 60.2 Å². The Bertz CT molecular complexity index is 2830. The van der Waals surface area contributed by atoms with Crippen LogP contribution in [0.4, 0.5) is 0 Å². The molecule has 9 rings (SSSR count). The van der Waals surface area contributed by atoms with Crippen LogP contribution in [0.2, 0.25) is 0 Å². The number of aryl methyl sites for hydroxylation is 1. The summed E-state index contributed by atoms with van der Waals surface area (Å²) >= 11 is 0. The third-order valence-electron chi connectivity index (χ3n) is 15.9. The first-order valence-corrected chi connectivity index (χ1v) is 26.7. The Morgan fingerprint density at radius 1 is 1.00 bits per heavy atom. The number of morpholine rings is 1. The fraction of sp³-hybridized carbons (Fsp3) is 0.552. The number of nitrogens with zero attached hydrogens (tertiary/aromatic N) is 6. The standard InChI is InChI=1S/C58H74N8O8/c1-9-64-49-21-17-40-31-45(49)46(53(64)44-15-11-24-59-51(44)37(4)72-8)32-58(5,6)35-74-57(71)47-16-12-25-66(61-47)56(70)48(30-38-13-10-14-39(40)29-38)60-54(68)52(36(2)3)62(7)55(69)41-23-26-63(33-41)50(67)22-20-42-18-19-43-34-73-28-27-65(42)43/h10-11,13-15,17,21,24,29,31,36-37,41-43,47-48,52,61H,9,12,16,18-19,23,25-28,30,32-35H2,1-8H3,(H,60,68)/t37-,41-,42+,43+,47-,48-,52-/m0/s1. The number of likely N-dealkylation sites (tertiary alicyclic amines) is 1. The van der Waals surface area contributed by atoms with Crippen molar-refractivity contribution in [2.45, 2.75) is 129 Å². The Balaban J connectivity index is 1.00. The van der Waals surface area contributed by atoms with Gasteiger partial charge in [-0.15, -0.1) is 0 Å². The Kier molecular flexibility index (Phi) is 15.9. The summed E-state index contributed by atoms with van der Waals surface area (Å²) in [6, 6.07) is 16.2. The average molecular weight is 1010 g/mol. The predicted octanol–water partition coefficient (Wildman–Crippen LogP) is 5.94. The highest BCUT2D eigenvalue weighted by Crippen LogP contribution is 2.42. The van der Waals surface area contributed by atoms with Gasteiger partial charge in [0.1, 0.15) is 18.1 Å². The minimum absolute atomic E-state index is 0.0231. The van der Waals surface area contributed by atoms with Crippen molar-refractivity contribution in [2.24, 2.45) is 17.3 Å². The lowest BCUT2D eigenvalue weighted by Crippen LogP contribution is -2.62. The first-order chi connectivity index (χ1) is 35.5. The minimum Gasteiger partial charge on any atom is -0.464 e. The van der Waals surface area contributed by atoms with E-state index in [4.69, 9.17) is 19.2 Å². The third kappa shape index (κ3) is 11.0. The Labute approximate surface area is 435 Å². The van der Waals surface area contributed by atoms with Gasteiger partial charge in [-0.3, -0.25) is 38.9 Å². The molecule has 5 aliphatic heterocycles. The molecule has 7 atom stereocenters. The first-order valence-electron chi connectivity index (χ1n) is 26.7. The molecular formula is C58H74N8O8. The quantitative estimate of drug-likeness (QED) is 0.150. The van der Waals surface area contributed by atoms with E-state index >= 15 is 0 Å². The molecule has 0 saturated carbocycles. The van der Waals surface area contributed by atoms with Crippen LogP contribution in [0.5, 0.6) is 0 Å². The van der Waals surface area contributed by atoms with E-state index < -0.39 is 47.2 Å². The second-order valence-electron chi connectivity index (χ2n) is 22.0. The smallest absolute Gasteiger partial charge is 0.324 e. The number of hydrogen-bond acceptors (Lipinski definition) is 11. The van der Waals surface area contributed by atoms with E-state index in [1.807, 2.05) is 39.0 Å². The maximum Gasteiger partial charge on any atom is 0.324 e. The molecule has 2 aromatic carbocycles. The van der Waals surface area contributed by atoms with Crippen LogP contribution in [0.25, 0.3) is 33.3 Å². The van der Waals surface area contributed by atoms with Gasteiger partial charge >= 0.3 is 5.97 Å². The normalized spacial score (nSPS) is 24.1. The highest BCUT2D eigenvalue weighted by molar-refractivity contribution is 5.97. The van der Waals surface area contributed by atoms with Gasteiger partial charge in [-0.1, -0.05) is 63.9 Å². The molecule has 0 radical (unpaired) electrons. The molecular weight excluding hydrogens is 937 g/mol. The van der Waals surface area contributed by atoms with E-state index in [9.17, 15) is 24.0 Å². The molecule has 5 aliphatic rings. The second-order valence-corrected chi connectivity index (χ2v) is 22.0. The number of esters is 1. The number of ether oxygens (including phenoxy) is 3. The zero-order valence-corrected chi connectivity index (χ0v) is 44.4. The molecule has 0 unspecified atom stereocenters. The van der Waals surface area contributed by atoms with Crippen LogP contribution < -0.4 is 10.7 Å². The number of nitrogens with one attached hydrogen (secondary N) is 2. The summed E-state index contributed by atoms with van der Waals surface area (Å²) < 4.78 is 20.0. The van der Waals surface area contributed by atoms with Crippen molar-refractivity contribution >= 4 is 40.5 Å². The van der Waals surface area contributed by atoms with Crippen LogP contribution >= 0.6 is 0 Å². The fourth-order valence-electron chi connectivity index (χ4n) is 12.0. The Morgan fingerprint density at radius 2 is 1.81 bits per heavy atom. The van der Waals surface area contributed by atoms with Gasteiger partial charge in [-0.05, 0) is 111 Å². The second kappa shape index (κ2) is 22.4. The number of methoxy groups -OCH3 is 1. The molecule has 16 nitrogen and oxygen atoms in total. The number of benzene rings is 2. The highest BCUT2D eigenvalue weighted by atomic mass is 16.5. The largest absolute Gasteiger partial charge is 0.464 e. The summed E-state index contributed by atoms with van der Waals surface area (Å²) in [6.45, 7) is 16.1. The summed E-state index contributed by atoms with van der Waals surface area (Å²) in [5, 5.41) is 5.62. The number of rotatable bonds is 9. The topological polar surface area (TPSA) is 168 Å². The van der Waals surface area contributed by atoms with E-state index in [1.165, 1.54) is 9.91 Å². The van der Waals surface area contributed by atoms with E-state index in [2.05, 4.69) is 89.2 Å². The lowest BCUT2D eigenvalue weighted by atomic mass is 9.84. The van der Waals surface area contributed by atoms with Crippen molar-refractivity contribution in [3.63, 3.8) is 0 Å². The Morgan fingerprint density at radius 3 is 2.59 bits per heavy atom. The molecule has 2 aromatic heterocycles. The number of cyclic esters (lactones) is 1. The Hall–Kier alpha value is -6.12. The third-order valence-corrected chi connectivity index (χ3v) is 15.9. The van der Waals surface area contributed by atoms with Crippen molar-refractivity contribution in [3.8, 4) is 34.2 Å². The molecule has 4 aromatic rings. The molecule has 4 fully saturated rings. The zero-order chi connectivity index (χ0) is 52.4. The van der Waals surface area contributed by atoms with Gasteiger partial charge in [0.2, 0.25) is 11.8 Å². The van der Waals surface area contributed by atoms with Crippen LogP contribution in [0.1, 0.15) is 96.6 Å². The molecule has 74 heavy (non-hydrogen) atoms. The average Bonchev–Trinajstić information content (AvgIpc) is 4.15. The predicted molar refractivity (Wildman–Crippen MR) is 282 cm³/mol. The molecule has 4 amide bonds. The van der Waals surface area contributed by atoms with Gasteiger partial charge < -0.3 is 33.9 Å². The van der Waals surface area contributed by atoms with Crippen LogP contribution in [0, 0.1) is 29.1 Å². The summed E-state index contributed by atoms with van der Waals surface area (Å²) in [6.07, 6.45) is 5.63. The molecule has 16 heteroatoms. The maximum absolute atomic E-state index is 14.9. The van der Waals surface area contributed by atoms with Gasteiger partial charge in [0.25, 0.3) is 11.8 Å². The number of hydrogen-bond donors (Lipinski definition) is 2. The molecule has 2 N–H and O–H groups in total. The van der Waals surface area contributed by atoms with Crippen molar-refractivity contribution < 1.29 is 38.2 Å². The van der Waals surface area contributed by atoms with Gasteiger partial charge in [-0.2, -0.15) is 0 Å². The van der Waals surface area contributed by atoms with Crippen molar-refractivity contribution in [1.29, 1.82) is 0 Å². The molecule has 6 bridgehead atoms. The SMILES string of the molecule is CCn1c(-c2cccnc2[C@H](C)OC)c2c3cc(ccc31)-c1cccc(c1)C[C@H](NC(=O)[C@H](C(C)C)N(C)C(=O)[C@H]1CCN(C(=O)C#C[C@H]3CC[C@@H]4COCCN43)C1)C(=O)N1CCC[C@H](N1)C(=O)OCC(C)(C)C2. The molecule has 4 saturated heterocycles. The van der Waals surface area contributed by atoms with Crippen molar-refractivity contribution in [1.82, 2.24) is 40.0 Å². The number of amides is 4. The molecule has 0 aliphatic carbocycles. The monoisotopic (exact) mass is 1010 g/mol. The number of aromatic nitrogens is 2. The molecule has 0 spiro atoms. The zero-order valence-electron chi connectivity index (χ0n) is 44.4. The van der Waals surface area contributed by atoms with E-state index in [-0.39, 0.29) is 49.5 Å². The number of likely N-dealkylation sites (N-methyl/N-ethyl adjacent to an activating group) is 1. The van der Waals surface area contributed by atoms with E-state index in [1.54, 1.807) is 25.3 Å². The summed E-state index contributed by atoms with van der Waals surface area (Å²) in [5.41, 5.74) is 10.5. The summed E-state index contributed by atoms with van der Waals surface area (Å²) in [5.74, 6) is 3.40. The lowest BCUT2D eigenvalue weighted by Gasteiger charge is -2.37. The number of carbonyl (C=O) groups is 5. The number of hydrazine groups is 1. The fourth-order valence-corrected chi connectivity index (χ4v) is 12.0. The molecule has 394 valence electrons. The van der Waals surface area contributed by atoms with E-state index in [0.717, 1.165) is 69.5 Å². The van der Waals surface area contributed by atoms with Crippen LogP contribution in [0.3, 0.4) is 0 Å².